The number of amides is 2. The lowest BCUT2D eigenvalue weighted by molar-refractivity contribution is -0.146. The van der Waals surface area contributed by atoms with Crippen LogP contribution in [0.4, 0.5) is 5.69 Å². The molecule has 0 heterocycles. The topological polar surface area (TPSA) is 95.5 Å². The van der Waals surface area contributed by atoms with Crippen molar-refractivity contribution >= 4 is 23.5 Å². The van der Waals surface area contributed by atoms with Crippen LogP contribution in [0.15, 0.2) is 36.4 Å². The first-order valence-electron chi connectivity index (χ1n) is 9.14. The molecule has 3 N–H and O–H groups in total. The van der Waals surface area contributed by atoms with E-state index in [0.717, 1.165) is 25.7 Å². The molecule has 0 unspecified atom stereocenters. The summed E-state index contributed by atoms with van der Waals surface area (Å²) >= 11 is 0. The first-order chi connectivity index (χ1) is 12.5. The molecule has 6 heteroatoms. The maximum atomic E-state index is 12.4. The highest BCUT2D eigenvalue weighted by Crippen LogP contribution is 2.27. The summed E-state index contributed by atoms with van der Waals surface area (Å²) in [5, 5.41) is 15.1. The van der Waals surface area contributed by atoms with Gasteiger partial charge in [-0.2, -0.15) is 0 Å². The molecule has 2 amide bonds. The van der Waals surface area contributed by atoms with Crippen molar-refractivity contribution in [2.75, 3.05) is 5.32 Å². The average Bonchev–Trinajstić information content (AvgIpc) is 3.15. The minimum Gasteiger partial charge on any atom is -0.481 e. The monoisotopic (exact) mass is 356 g/mol. The predicted octanol–water partition coefficient (Wildman–Crippen LogP) is 2.96. The Bertz CT molecular complexity index is 705. The minimum absolute atomic E-state index is 0.0989. The van der Waals surface area contributed by atoms with Gasteiger partial charge in [0.2, 0.25) is 5.91 Å². The Hall–Kier alpha value is -2.63. The molecule has 1 aromatic rings. The highest BCUT2D eigenvalue weighted by atomic mass is 16.4. The summed E-state index contributed by atoms with van der Waals surface area (Å²) in [6.07, 6.45) is 8.81. The molecule has 1 saturated carbocycles. The summed E-state index contributed by atoms with van der Waals surface area (Å²) in [5.41, 5.74) is 1.12. The van der Waals surface area contributed by atoms with E-state index in [2.05, 4.69) is 10.6 Å². The number of benzene rings is 1. The first-order valence-corrected chi connectivity index (χ1v) is 9.14. The Morgan fingerprint density at radius 2 is 1.54 bits per heavy atom. The number of aliphatic carboxylic acids is 1. The van der Waals surface area contributed by atoms with Crippen molar-refractivity contribution in [3.63, 3.8) is 0 Å². The van der Waals surface area contributed by atoms with Gasteiger partial charge in [-0.05, 0) is 49.9 Å². The van der Waals surface area contributed by atoms with Gasteiger partial charge in [0.25, 0.3) is 5.91 Å². The van der Waals surface area contributed by atoms with Gasteiger partial charge in [0.05, 0.1) is 11.8 Å². The van der Waals surface area contributed by atoms with E-state index in [1.165, 1.54) is 0 Å². The normalized spacial score (nSPS) is 22.8. The molecular weight excluding hydrogens is 332 g/mol. The fraction of sp³-hybridized carbons (Fsp3) is 0.450. The second-order valence-corrected chi connectivity index (χ2v) is 7.02. The summed E-state index contributed by atoms with van der Waals surface area (Å²) in [7, 11) is 0. The molecule has 2 aliphatic rings. The number of carboxylic acid groups (broad SMARTS) is 1. The van der Waals surface area contributed by atoms with Gasteiger partial charge in [0, 0.05) is 17.3 Å². The number of carboxylic acids is 1. The van der Waals surface area contributed by atoms with Crippen molar-refractivity contribution in [2.24, 2.45) is 11.8 Å². The lowest BCUT2D eigenvalue weighted by atomic mass is 9.82. The summed E-state index contributed by atoms with van der Waals surface area (Å²) in [4.78, 5) is 36.0. The molecule has 0 spiro atoms. The Kier molecular flexibility index (Phi) is 5.71. The first kappa shape index (κ1) is 18.2. The van der Waals surface area contributed by atoms with Gasteiger partial charge in [0.15, 0.2) is 0 Å². The van der Waals surface area contributed by atoms with E-state index in [9.17, 15) is 19.5 Å². The van der Waals surface area contributed by atoms with Crippen molar-refractivity contribution in [1.82, 2.24) is 5.32 Å². The predicted molar refractivity (Wildman–Crippen MR) is 97.8 cm³/mol. The lowest BCUT2D eigenvalue weighted by Crippen LogP contribution is -2.34. The van der Waals surface area contributed by atoms with E-state index < -0.39 is 17.8 Å². The molecule has 2 atom stereocenters. The summed E-state index contributed by atoms with van der Waals surface area (Å²) < 4.78 is 0. The number of anilines is 1. The molecule has 0 radical (unpaired) electrons. The SMILES string of the molecule is O=C(NC1CCCC1)c1ccc(NC(=O)[C@@H]2CC=CC[C@@H]2C(=O)O)cc1. The van der Waals surface area contributed by atoms with E-state index >= 15 is 0 Å². The molecule has 0 aromatic heterocycles. The van der Waals surface area contributed by atoms with E-state index in [-0.39, 0.29) is 17.9 Å². The molecule has 2 aliphatic carbocycles. The Morgan fingerprint density at radius 3 is 2.15 bits per heavy atom. The zero-order valence-corrected chi connectivity index (χ0v) is 14.6. The second kappa shape index (κ2) is 8.17. The number of rotatable bonds is 5. The van der Waals surface area contributed by atoms with Crippen LogP contribution in [0.25, 0.3) is 0 Å². The maximum absolute atomic E-state index is 12.4. The van der Waals surface area contributed by atoms with E-state index in [0.29, 0.717) is 24.1 Å². The van der Waals surface area contributed by atoms with Crippen molar-refractivity contribution in [3.05, 3.63) is 42.0 Å². The average molecular weight is 356 g/mol. The highest BCUT2D eigenvalue weighted by molar-refractivity contribution is 5.97. The van der Waals surface area contributed by atoms with Crippen molar-refractivity contribution in [2.45, 2.75) is 44.6 Å². The molecule has 1 fully saturated rings. The standard InChI is InChI=1S/C20H24N2O4/c23-18(21-14-5-1-2-6-14)13-9-11-15(12-10-13)22-19(24)16-7-3-4-8-17(16)20(25)26/h3-4,9-12,14,16-17H,1-2,5-8H2,(H,21,23)(H,22,24)(H,25,26)/t16-,17+/m1/s1. The molecule has 138 valence electrons. The summed E-state index contributed by atoms with van der Waals surface area (Å²) in [6, 6.07) is 6.96. The van der Waals surface area contributed by atoms with Gasteiger partial charge in [-0.3, -0.25) is 14.4 Å². The van der Waals surface area contributed by atoms with Crippen LogP contribution in [0.5, 0.6) is 0 Å². The molecule has 3 rings (SSSR count). The smallest absolute Gasteiger partial charge is 0.307 e. The minimum atomic E-state index is -0.951. The van der Waals surface area contributed by atoms with Crippen LogP contribution in [0.3, 0.4) is 0 Å². The molecule has 26 heavy (non-hydrogen) atoms. The molecule has 0 saturated heterocycles. The Labute approximate surface area is 152 Å². The van der Waals surface area contributed by atoms with Gasteiger partial charge < -0.3 is 15.7 Å². The van der Waals surface area contributed by atoms with Gasteiger partial charge >= 0.3 is 5.97 Å². The van der Waals surface area contributed by atoms with Crippen molar-refractivity contribution in [3.8, 4) is 0 Å². The van der Waals surface area contributed by atoms with E-state index in [1.54, 1.807) is 30.3 Å². The largest absolute Gasteiger partial charge is 0.481 e. The van der Waals surface area contributed by atoms with Crippen LogP contribution in [0.2, 0.25) is 0 Å². The van der Waals surface area contributed by atoms with Crippen molar-refractivity contribution in [1.29, 1.82) is 0 Å². The zero-order valence-electron chi connectivity index (χ0n) is 14.6. The number of hydrogen-bond donors (Lipinski definition) is 3. The lowest BCUT2D eigenvalue weighted by Gasteiger charge is -2.24. The third kappa shape index (κ3) is 4.31. The van der Waals surface area contributed by atoms with E-state index in [1.807, 2.05) is 6.08 Å². The number of carbonyl (C=O) groups excluding carboxylic acids is 2. The Balaban J connectivity index is 1.59. The number of allylic oxidation sites excluding steroid dienone is 2. The zero-order chi connectivity index (χ0) is 18.5. The molecule has 1 aromatic carbocycles. The Morgan fingerprint density at radius 1 is 0.923 bits per heavy atom. The fourth-order valence-electron chi connectivity index (χ4n) is 3.66. The number of hydrogen-bond acceptors (Lipinski definition) is 3. The third-order valence-electron chi connectivity index (χ3n) is 5.19. The van der Waals surface area contributed by atoms with Crippen LogP contribution in [0, 0.1) is 11.8 Å². The number of carbonyl (C=O) groups is 3. The van der Waals surface area contributed by atoms with Crippen LogP contribution in [0.1, 0.15) is 48.9 Å². The quantitative estimate of drug-likeness (QED) is 0.707. The summed E-state index contributed by atoms with van der Waals surface area (Å²) in [6.45, 7) is 0. The molecular formula is C20H24N2O4. The van der Waals surface area contributed by atoms with Crippen LogP contribution in [-0.4, -0.2) is 28.9 Å². The second-order valence-electron chi connectivity index (χ2n) is 7.02. The van der Waals surface area contributed by atoms with Crippen LogP contribution in [-0.2, 0) is 9.59 Å². The van der Waals surface area contributed by atoms with Crippen molar-refractivity contribution < 1.29 is 19.5 Å². The third-order valence-corrected chi connectivity index (χ3v) is 5.19. The van der Waals surface area contributed by atoms with Gasteiger partial charge in [0.1, 0.15) is 0 Å². The molecule has 6 nitrogen and oxygen atoms in total. The number of nitrogens with one attached hydrogen (secondary N) is 2. The molecule has 0 aliphatic heterocycles. The summed E-state index contributed by atoms with van der Waals surface area (Å²) in [5.74, 6) is -2.63. The highest BCUT2D eigenvalue weighted by Gasteiger charge is 2.33. The fourth-order valence-corrected chi connectivity index (χ4v) is 3.66. The van der Waals surface area contributed by atoms with Gasteiger partial charge in [-0.1, -0.05) is 25.0 Å². The van der Waals surface area contributed by atoms with E-state index in [4.69, 9.17) is 0 Å². The maximum Gasteiger partial charge on any atom is 0.307 e. The molecule has 0 bridgehead atoms. The van der Waals surface area contributed by atoms with Crippen LogP contribution < -0.4 is 10.6 Å². The van der Waals surface area contributed by atoms with Gasteiger partial charge in [-0.15, -0.1) is 0 Å². The van der Waals surface area contributed by atoms with Gasteiger partial charge in [-0.25, -0.2) is 0 Å². The van der Waals surface area contributed by atoms with Crippen LogP contribution >= 0.6 is 0 Å².